The van der Waals surface area contributed by atoms with Crippen LogP contribution in [0, 0.1) is 6.92 Å². The monoisotopic (exact) mass is 353 g/mol. The average Bonchev–Trinajstić information content (AvgIpc) is 3.36. The van der Waals surface area contributed by atoms with Gasteiger partial charge in [0.1, 0.15) is 17.7 Å². The first-order valence-electron chi connectivity index (χ1n) is 8.36. The summed E-state index contributed by atoms with van der Waals surface area (Å²) in [4.78, 5) is 21.4. The lowest BCUT2D eigenvalue weighted by Crippen LogP contribution is -2.44. The Balaban J connectivity index is 1.60. The second-order valence-electron chi connectivity index (χ2n) is 6.42. The zero-order valence-electron chi connectivity index (χ0n) is 14.0. The van der Waals surface area contributed by atoms with E-state index in [-0.39, 0.29) is 11.4 Å². The van der Waals surface area contributed by atoms with Crippen LogP contribution in [-0.2, 0) is 5.54 Å². The van der Waals surface area contributed by atoms with Crippen LogP contribution in [0.3, 0.4) is 0 Å². The number of nitrogens with zero attached hydrogens (tertiary/aromatic N) is 4. The van der Waals surface area contributed by atoms with Gasteiger partial charge in [0.25, 0.3) is 5.91 Å². The Bertz CT molecular complexity index is 867. The van der Waals surface area contributed by atoms with Crippen molar-refractivity contribution < 1.29 is 4.79 Å². The first-order chi connectivity index (χ1) is 12.2. The van der Waals surface area contributed by atoms with E-state index in [2.05, 4.69) is 20.4 Å². The van der Waals surface area contributed by atoms with Gasteiger partial charge in [0.05, 0.1) is 11.2 Å². The number of hydrogen-bond acceptors (Lipinski definition) is 5. The van der Waals surface area contributed by atoms with Gasteiger partial charge in [0.2, 0.25) is 0 Å². The molecule has 1 aromatic carbocycles. The number of thiazole rings is 1. The summed E-state index contributed by atoms with van der Waals surface area (Å²) in [5.74, 6) is -0.0419. The molecule has 0 bridgehead atoms. The number of aromatic nitrogens is 4. The number of benzene rings is 1. The molecule has 1 saturated carbocycles. The van der Waals surface area contributed by atoms with Crippen molar-refractivity contribution in [3.8, 4) is 5.69 Å². The Hall–Kier alpha value is -2.54. The Morgan fingerprint density at radius 3 is 2.80 bits per heavy atom. The highest BCUT2D eigenvalue weighted by atomic mass is 32.1. The van der Waals surface area contributed by atoms with Crippen LogP contribution in [0.5, 0.6) is 0 Å². The second kappa shape index (κ2) is 6.40. The van der Waals surface area contributed by atoms with E-state index >= 15 is 0 Å². The lowest BCUT2D eigenvalue weighted by molar-refractivity contribution is 0.0897. The zero-order valence-corrected chi connectivity index (χ0v) is 14.8. The molecule has 0 aliphatic heterocycles. The third-order valence-electron chi connectivity index (χ3n) is 4.79. The van der Waals surface area contributed by atoms with Crippen LogP contribution in [0.15, 0.2) is 42.4 Å². The standard InChI is InChI=1S/C18H19N5OS/c1-13-10-14(23-12-19-11-21-23)4-5-15(13)16(24)22-18(6-2-3-7-18)17-20-8-9-25-17/h4-5,8-12H,2-3,6-7H2,1H3,(H,22,24). The molecule has 0 saturated heterocycles. The molecule has 4 rings (SSSR count). The molecule has 1 aliphatic carbocycles. The van der Waals surface area contributed by atoms with Crippen molar-refractivity contribution in [2.24, 2.45) is 0 Å². The van der Waals surface area contributed by atoms with Gasteiger partial charge in [-0.1, -0.05) is 12.8 Å². The molecule has 0 radical (unpaired) electrons. The quantitative estimate of drug-likeness (QED) is 0.781. The van der Waals surface area contributed by atoms with Gasteiger partial charge in [0.15, 0.2) is 0 Å². The van der Waals surface area contributed by atoms with Crippen LogP contribution < -0.4 is 5.32 Å². The Morgan fingerprint density at radius 1 is 1.32 bits per heavy atom. The predicted molar refractivity (Wildman–Crippen MR) is 95.8 cm³/mol. The van der Waals surface area contributed by atoms with Crippen LogP contribution in [-0.4, -0.2) is 25.7 Å². The fourth-order valence-electron chi connectivity index (χ4n) is 3.50. The summed E-state index contributed by atoms with van der Waals surface area (Å²) < 4.78 is 1.68. The van der Waals surface area contributed by atoms with E-state index in [1.165, 1.54) is 6.33 Å². The smallest absolute Gasteiger partial charge is 0.252 e. The highest BCUT2D eigenvalue weighted by molar-refractivity contribution is 7.09. The van der Waals surface area contributed by atoms with Crippen molar-refractivity contribution in [3.05, 3.63) is 58.6 Å². The van der Waals surface area contributed by atoms with E-state index in [1.807, 2.05) is 36.7 Å². The van der Waals surface area contributed by atoms with Crippen molar-refractivity contribution in [2.75, 3.05) is 0 Å². The fourth-order valence-corrected chi connectivity index (χ4v) is 4.36. The van der Waals surface area contributed by atoms with E-state index < -0.39 is 0 Å². The van der Waals surface area contributed by atoms with E-state index in [4.69, 9.17) is 0 Å². The SMILES string of the molecule is Cc1cc(-n2cncn2)ccc1C(=O)NC1(c2nccs2)CCCC1. The summed E-state index contributed by atoms with van der Waals surface area (Å²) >= 11 is 1.62. The minimum Gasteiger partial charge on any atom is -0.340 e. The molecule has 2 heterocycles. The molecule has 3 aromatic rings. The minimum atomic E-state index is -0.317. The van der Waals surface area contributed by atoms with Crippen molar-refractivity contribution in [3.63, 3.8) is 0 Å². The minimum absolute atomic E-state index is 0.0419. The van der Waals surface area contributed by atoms with Gasteiger partial charge >= 0.3 is 0 Å². The van der Waals surface area contributed by atoms with Crippen molar-refractivity contribution in [1.82, 2.24) is 25.1 Å². The summed E-state index contributed by atoms with van der Waals surface area (Å²) in [6.45, 7) is 1.94. The first kappa shape index (κ1) is 16.0. The van der Waals surface area contributed by atoms with Crippen LogP contribution in [0.4, 0.5) is 0 Å². The number of aryl methyl sites for hydroxylation is 1. The van der Waals surface area contributed by atoms with Gasteiger partial charge in [0, 0.05) is 17.1 Å². The topological polar surface area (TPSA) is 72.7 Å². The molecule has 0 unspecified atom stereocenters. The maximum atomic E-state index is 13.0. The highest BCUT2D eigenvalue weighted by Crippen LogP contribution is 2.39. The summed E-state index contributed by atoms with van der Waals surface area (Å²) in [6, 6.07) is 5.70. The molecule has 1 aliphatic rings. The van der Waals surface area contributed by atoms with Gasteiger partial charge in [-0.3, -0.25) is 4.79 Å². The number of hydrogen-bond donors (Lipinski definition) is 1. The van der Waals surface area contributed by atoms with Crippen molar-refractivity contribution in [1.29, 1.82) is 0 Å². The number of carbonyl (C=O) groups is 1. The fraction of sp³-hybridized carbons (Fsp3) is 0.333. The first-order valence-corrected chi connectivity index (χ1v) is 9.24. The molecule has 0 atom stereocenters. The number of amides is 1. The molecule has 1 N–H and O–H groups in total. The van der Waals surface area contributed by atoms with Gasteiger partial charge in [-0.2, -0.15) is 5.10 Å². The van der Waals surface area contributed by atoms with Crippen molar-refractivity contribution >= 4 is 17.2 Å². The second-order valence-corrected chi connectivity index (χ2v) is 7.31. The Morgan fingerprint density at radius 2 is 2.16 bits per heavy atom. The Kier molecular flexibility index (Phi) is 4.09. The van der Waals surface area contributed by atoms with Crippen molar-refractivity contribution in [2.45, 2.75) is 38.1 Å². The molecule has 6 nitrogen and oxygen atoms in total. The molecule has 25 heavy (non-hydrogen) atoms. The molecular formula is C18H19N5OS. The van der Waals surface area contributed by atoms with Crippen LogP contribution in [0.2, 0.25) is 0 Å². The van der Waals surface area contributed by atoms with Gasteiger partial charge < -0.3 is 5.32 Å². The molecule has 1 amide bonds. The van der Waals surface area contributed by atoms with E-state index in [0.717, 1.165) is 41.9 Å². The van der Waals surface area contributed by atoms with Crippen LogP contribution in [0.1, 0.15) is 46.6 Å². The number of rotatable bonds is 4. The Labute approximate surface area is 149 Å². The maximum absolute atomic E-state index is 13.0. The molecular weight excluding hydrogens is 334 g/mol. The van der Waals surface area contributed by atoms with E-state index in [1.54, 1.807) is 22.3 Å². The molecule has 2 aromatic heterocycles. The van der Waals surface area contributed by atoms with E-state index in [0.29, 0.717) is 5.56 Å². The van der Waals surface area contributed by atoms with Gasteiger partial charge in [-0.25, -0.2) is 14.6 Å². The highest BCUT2D eigenvalue weighted by Gasteiger charge is 2.39. The third kappa shape index (κ3) is 2.95. The third-order valence-corrected chi connectivity index (χ3v) is 5.77. The lowest BCUT2D eigenvalue weighted by Gasteiger charge is -2.28. The molecule has 1 fully saturated rings. The lowest BCUT2D eigenvalue weighted by atomic mass is 9.97. The van der Waals surface area contributed by atoms with Gasteiger partial charge in [-0.15, -0.1) is 11.3 Å². The normalized spacial score (nSPS) is 16.0. The molecule has 7 heteroatoms. The largest absolute Gasteiger partial charge is 0.340 e. The van der Waals surface area contributed by atoms with Gasteiger partial charge in [-0.05, 0) is 43.5 Å². The van der Waals surface area contributed by atoms with Crippen LogP contribution >= 0.6 is 11.3 Å². The summed E-state index contributed by atoms with van der Waals surface area (Å²) in [7, 11) is 0. The predicted octanol–water partition coefficient (Wildman–Crippen LogP) is 3.23. The summed E-state index contributed by atoms with van der Waals surface area (Å²) in [5, 5.41) is 10.4. The zero-order chi connectivity index (χ0) is 17.3. The molecule has 128 valence electrons. The number of nitrogens with one attached hydrogen (secondary N) is 1. The molecule has 0 spiro atoms. The summed E-state index contributed by atoms with van der Waals surface area (Å²) in [5.41, 5.74) is 2.17. The average molecular weight is 353 g/mol. The van der Waals surface area contributed by atoms with E-state index in [9.17, 15) is 4.79 Å². The number of carbonyl (C=O) groups excluding carboxylic acids is 1. The maximum Gasteiger partial charge on any atom is 0.252 e. The summed E-state index contributed by atoms with van der Waals surface area (Å²) in [6.07, 6.45) is 9.07. The van der Waals surface area contributed by atoms with Crippen LogP contribution in [0.25, 0.3) is 5.69 Å².